The van der Waals surface area contributed by atoms with Crippen LogP contribution in [0.5, 0.6) is 5.75 Å². The largest absolute Gasteiger partial charge is 0.493 e. The number of carboxylic acid groups (broad SMARTS) is 1. The third kappa shape index (κ3) is 4.43. The highest BCUT2D eigenvalue weighted by Crippen LogP contribution is 2.27. The number of hydrogen-bond donors (Lipinski definition) is 1. The van der Waals surface area contributed by atoms with E-state index in [1.165, 1.54) is 16.9 Å². The third-order valence-electron chi connectivity index (χ3n) is 3.47. The standard InChI is InChI=1S/C19H17NO3S/c21-18(22)12-16-13-24-19(20-16)15-7-4-8-17(11-15)23-10-9-14-5-2-1-3-6-14/h1-8,11,13H,9-10,12H2,(H,21,22). The van der Waals surface area contributed by atoms with E-state index in [2.05, 4.69) is 17.1 Å². The molecule has 1 aromatic heterocycles. The van der Waals surface area contributed by atoms with E-state index in [1.807, 2.05) is 42.5 Å². The predicted molar refractivity (Wildman–Crippen MR) is 94.5 cm³/mol. The molecule has 1 heterocycles. The first-order chi connectivity index (χ1) is 11.7. The van der Waals surface area contributed by atoms with Gasteiger partial charge in [-0.2, -0.15) is 0 Å². The number of thiazole rings is 1. The fraction of sp³-hybridized carbons (Fsp3) is 0.158. The van der Waals surface area contributed by atoms with Gasteiger partial charge in [-0.3, -0.25) is 4.79 Å². The second kappa shape index (κ2) is 7.75. The molecule has 3 aromatic rings. The third-order valence-corrected chi connectivity index (χ3v) is 4.41. The maximum atomic E-state index is 10.7. The van der Waals surface area contributed by atoms with Crippen molar-refractivity contribution in [1.82, 2.24) is 4.98 Å². The summed E-state index contributed by atoms with van der Waals surface area (Å²) in [6.07, 6.45) is 0.800. The normalized spacial score (nSPS) is 10.5. The smallest absolute Gasteiger partial charge is 0.309 e. The van der Waals surface area contributed by atoms with Gasteiger partial charge in [0.25, 0.3) is 0 Å². The minimum absolute atomic E-state index is 0.0518. The molecule has 24 heavy (non-hydrogen) atoms. The summed E-state index contributed by atoms with van der Waals surface area (Å²) in [4.78, 5) is 15.1. The number of ether oxygens (including phenoxy) is 1. The highest BCUT2D eigenvalue weighted by molar-refractivity contribution is 7.13. The van der Waals surface area contributed by atoms with Crippen LogP contribution in [0, 0.1) is 0 Å². The average Bonchev–Trinajstić information content (AvgIpc) is 3.04. The van der Waals surface area contributed by atoms with Gasteiger partial charge in [-0.15, -0.1) is 11.3 Å². The second-order valence-electron chi connectivity index (χ2n) is 5.33. The maximum absolute atomic E-state index is 10.7. The molecule has 0 fully saturated rings. The van der Waals surface area contributed by atoms with E-state index < -0.39 is 5.97 Å². The summed E-state index contributed by atoms with van der Waals surface area (Å²) in [6, 6.07) is 17.9. The highest BCUT2D eigenvalue weighted by atomic mass is 32.1. The Balaban J connectivity index is 1.63. The minimum atomic E-state index is -0.871. The van der Waals surface area contributed by atoms with Crippen LogP contribution in [0.1, 0.15) is 11.3 Å². The highest BCUT2D eigenvalue weighted by Gasteiger charge is 2.08. The van der Waals surface area contributed by atoms with Crippen LogP contribution in [0.25, 0.3) is 10.6 Å². The number of hydrogen-bond acceptors (Lipinski definition) is 4. The zero-order chi connectivity index (χ0) is 16.8. The number of rotatable bonds is 7. The molecule has 0 bridgehead atoms. The van der Waals surface area contributed by atoms with Crippen molar-refractivity contribution in [1.29, 1.82) is 0 Å². The first-order valence-corrected chi connectivity index (χ1v) is 8.52. The molecule has 5 heteroatoms. The molecule has 0 saturated heterocycles. The van der Waals surface area contributed by atoms with Crippen molar-refractivity contribution in [2.75, 3.05) is 6.61 Å². The van der Waals surface area contributed by atoms with E-state index in [1.54, 1.807) is 5.38 Å². The number of aromatic nitrogens is 1. The van der Waals surface area contributed by atoms with Crippen molar-refractivity contribution < 1.29 is 14.6 Å². The van der Waals surface area contributed by atoms with Crippen molar-refractivity contribution in [2.45, 2.75) is 12.8 Å². The molecule has 0 aliphatic rings. The summed E-state index contributed by atoms with van der Waals surface area (Å²) in [6.45, 7) is 0.607. The van der Waals surface area contributed by atoms with Crippen LogP contribution in [0.4, 0.5) is 0 Å². The van der Waals surface area contributed by atoms with Crippen molar-refractivity contribution in [3.63, 3.8) is 0 Å². The Labute approximate surface area is 144 Å². The number of nitrogens with zero attached hydrogens (tertiary/aromatic N) is 1. The molecule has 1 N–H and O–H groups in total. The van der Waals surface area contributed by atoms with Crippen molar-refractivity contribution in [2.24, 2.45) is 0 Å². The summed E-state index contributed by atoms with van der Waals surface area (Å²) in [7, 11) is 0. The molecule has 0 amide bonds. The molecular weight excluding hydrogens is 322 g/mol. The van der Waals surface area contributed by atoms with Gasteiger partial charge in [0.15, 0.2) is 0 Å². The van der Waals surface area contributed by atoms with Gasteiger partial charge in [-0.1, -0.05) is 42.5 Å². The monoisotopic (exact) mass is 339 g/mol. The van der Waals surface area contributed by atoms with Gasteiger partial charge in [-0.25, -0.2) is 4.98 Å². The first-order valence-electron chi connectivity index (χ1n) is 7.64. The van der Waals surface area contributed by atoms with Crippen LogP contribution in [0.2, 0.25) is 0 Å². The lowest BCUT2D eigenvalue weighted by atomic mass is 10.2. The first kappa shape index (κ1) is 16.2. The van der Waals surface area contributed by atoms with Crippen LogP contribution in [0.3, 0.4) is 0 Å². The van der Waals surface area contributed by atoms with Gasteiger partial charge in [0.2, 0.25) is 0 Å². The van der Waals surface area contributed by atoms with Gasteiger partial charge >= 0.3 is 5.97 Å². The molecule has 0 saturated carbocycles. The van der Waals surface area contributed by atoms with Crippen LogP contribution < -0.4 is 4.74 Å². The topological polar surface area (TPSA) is 59.4 Å². The molecule has 3 rings (SSSR count). The lowest BCUT2D eigenvalue weighted by molar-refractivity contribution is -0.136. The van der Waals surface area contributed by atoms with Gasteiger partial charge in [0, 0.05) is 17.4 Å². The van der Waals surface area contributed by atoms with Gasteiger partial charge in [0.1, 0.15) is 10.8 Å². The molecule has 4 nitrogen and oxygen atoms in total. The van der Waals surface area contributed by atoms with Crippen LogP contribution in [-0.2, 0) is 17.6 Å². The molecule has 0 unspecified atom stereocenters. The average molecular weight is 339 g/mol. The van der Waals surface area contributed by atoms with Gasteiger partial charge < -0.3 is 9.84 Å². The fourth-order valence-electron chi connectivity index (χ4n) is 2.33. The van der Waals surface area contributed by atoms with Crippen LogP contribution in [-0.4, -0.2) is 22.7 Å². The number of aliphatic carboxylic acids is 1. The molecule has 122 valence electrons. The van der Waals surface area contributed by atoms with E-state index in [0.29, 0.717) is 12.3 Å². The zero-order valence-electron chi connectivity index (χ0n) is 13.0. The van der Waals surface area contributed by atoms with E-state index in [9.17, 15) is 4.79 Å². The van der Waals surface area contributed by atoms with Crippen LogP contribution in [0.15, 0.2) is 60.0 Å². The quantitative estimate of drug-likeness (QED) is 0.705. The lowest BCUT2D eigenvalue weighted by Crippen LogP contribution is -2.01. The number of benzene rings is 2. The Morgan fingerprint density at radius 3 is 2.75 bits per heavy atom. The lowest BCUT2D eigenvalue weighted by Gasteiger charge is -2.07. The summed E-state index contributed by atoms with van der Waals surface area (Å²) < 4.78 is 5.83. The van der Waals surface area contributed by atoms with Crippen LogP contribution >= 0.6 is 11.3 Å². The number of carbonyl (C=O) groups is 1. The molecular formula is C19H17NO3S. The van der Waals surface area contributed by atoms with Crippen molar-refractivity contribution in [3.05, 3.63) is 71.2 Å². The van der Waals surface area contributed by atoms with Crippen molar-refractivity contribution in [3.8, 4) is 16.3 Å². The van der Waals surface area contributed by atoms with Gasteiger partial charge in [-0.05, 0) is 17.7 Å². The number of carboxylic acids is 1. The van der Waals surface area contributed by atoms with Crippen molar-refractivity contribution >= 4 is 17.3 Å². The fourth-order valence-corrected chi connectivity index (χ4v) is 3.14. The van der Waals surface area contributed by atoms with E-state index >= 15 is 0 Å². The molecule has 0 spiro atoms. The summed E-state index contributed by atoms with van der Waals surface area (Å²) in [5.74, 6) is -0.0803. The summed E-state index contributed by atoms with van der Waals surface area (Å²) in [5.41, 5.74) is 2.76. The molecule has 0 radical (unpaired) electrons. The van der Waals surface area contributed by atoms with E-state index in [0.717, 1.165) is 22.7 Å². The zero-order valence-corrected chi connectivity index (χ0v) is 13.8. The van der Waals surface area contributed by atoms with E-state index in [4.69, 9.17) is 9.84 Å². The molecule has 0 aliphatic heterocycles. The Hall–Kier alpha value is -2.66. The SMILES string of the molecule is O=C(O)Cc1csc(-c2cccc(OCCc3ccccc3)c2)n1. The molecule has 2 aromatic carbocycles. The minimum Gasteiger partial charge on any atom is -0.493 e. The predicted octanol–water partition coefficient (Wildman–Crippen LogP) is 4.06. The Kier molecular flexibility index (Phi) is 5.23. The molecule has 0 atom stereocenters. The van der Waals surface area contributed by atoms with E-state index in [-0.39, 0.29) is 6.42 Å². The second-order valence-corrected chi connectivity index (χ2v) is 6.18. The summed E-state index contributed by atoms with van der Waals surface area (Å²) in [5, 5.41) is 11.4. The summed E-state index contributed by atoms with van der Waals surface area (Å²) >= 11 is 1.44. The van der Waals surface area contributed by atoms with Gasteiger partial charge in [0.05, 0.1) is 18.7 Å². The Bertz CT molecular complexity index is 814. The Morgan fingerprint density at radius 1 is 1.12 bits per heavy atom. The molecule has 0 aliphatic carbocycles. The Morgan fingerprint density at radius 2 is 1.96 bits per heavy atom. The maximum Gasteiger partial charge on any atom is 0.309 e.